The molecule has 0 fully saturated rings. The number of carbonyl (C=O) groups is 2. The van der Waals surface area contributed by atoms with Gasteiger partial charge in [0.2, 0.25) is 5.75 Å². The summed E-state index contributed by atoms with van der Waals surface area (Å²) in [5.74, 6) is 0.340. The summed E-state index contributed by atoms with van der Waals surface area (Å²) in [6.07, 6.45) is 1.54. The van der Waals surface area contributed by atoms with Gasteiger partial charge in [-0.05, 0) is 64.0 Å². The zero-order chi connectivity index (χ0) is 23.8. The van der Waals surface area contributed by atoms with E-state index < -0.39 is 11.8 Å². The smallest absolute Gasteiger partial charge is 0.272 e. The second kappa shape index (κ2) is 11.2. The fourth-order valence-corrected chi connectivity index (χ4v) is 3.43. The highest BCUT2D eigenvalue weighted by atomic mass is 79.9. The summed E-state index contributed by atoms with van der Waals surface area (Å²) in [6.45, 7) is 0. The molecule has 0 heterocycles. The van der Waals surface area contributed by atoms with Crippen molar-refractivity contribution in [3.63, 3.8) is 0 Å². The van der Waals surface area contributed by atoms with Crippen molar-refractivity contribution in [3.05, 3.63) is 88.0 Å². The largest absolute Gasteiger partial charge is 0.493 e. The Kier molecular flexibility index (Phi) is 8.10. The molecule has 0 saturated heterocycles. The molecule has 3 rings (SSSR count). The van der Waals surface area contributed by atoms with Crippen molar-refractivity contribution >= 4 is 39.5 Å². The number of halogens is 1. The molecule has 0 unspecified atom stereocenters. The Morgan fingerprint density at radius 2 is 1.45 bits per heavy atom. The Hall–Kier alpha value is -3.78. The minimum absolute atomic E-state index is 0.0360. The summed E-state index contributed by atoms with van der Waals surface area (Å²) < 4.78 is 16.9. The summed E-state index contributed by atoms with van der Waals surface area (Å²) >= 11 is 3.41. The fraction of sp³-hybridized carbons (Fsp3) is 0.120. The summed E-state index contributed by atoms with van der Waals surface area (Å²) in [5, 5.41) is 5.52. The molecular formula is C25H23BrN2O5. The van der Waals surface area contributed by atoms with Crippen molar-refractivity contribution in [2.75, 3.05) is 26.6 Å². The van der Waals surface area contributed by atoms with Crippen molar-refractivity contribution in [1.82, 2.24) is 5.32 Å². The first-order chi connectivity index (χ1) is 16.0. The van der Waals surface area contributed by atoms with E-state index in [4.69, 9.17) is 14.2 Å². The van der Waals surface area contributed by atoms with E-state index in [2.05, 4.69) is 26.6 Å². The van der Waals surface area contributed by atoms with Crippen LogP contribution in [0, 0.1) is 0 Å². The normalized spacial score (nSPS) is 10.8. The van der Waals surface area contributed by atoms with Gasteiger partial charge in [0.25, 0.3) is 11.8 Å². The number of nitrogens with one attached hydrogen (secondary N) is 2. The van der Waals surface area contributed by atoms with Crippen LogP contribution in [0.4, 0.5) is 5.69 Å². The zero-order valence-electron chi connectivity index (χ0n) is 18.3. The number of anilines is 1. The minimum atomic E-state index is -0.500. The van der Waals surface area contributed by atoms with Gasteiger partial charge >= 0.3 is 0 Å². The maximum absolute atomic E-state index is 13.2. The molecule has 0 saturated carbocycles. The van der Waals surface area contributed by atoms with Gasteiger partial charge in [0.05, 0.1) is 27.0 Å². The first kappa shape index (κ1) is 23.9. The van der Waals surface area contributed by atoms with Gasteiger partial charge in [-0.25, -0.2) is 0 Å². The van der Waals surface area contributed by atoms with Crippen LogP contribution in [0.15, 0.2) is 76.9 Å². The van der Waals surface area contributed by atoms with Crippen LogP contribution in [0.5, 0.6) is 17.2 Å². The third kappa shape index (κ3) is 5.93. The van der Waals surface area contributed by atoms with E-state index in [0.29, 0.717) is 38.5 Å². The minimum Gasteiger partial charge on any atom is -0.493 e. The van der Waals surface area contributed by atoms with Crippen LogP contribution in [0.2, 0.25) is 0 Å². The van der Waals surface area contributed by atoms with Crippen molar-refractivity contribution < 1.29 is 23.8 Å². The maximum atomic E-state index is 13.2. The molecule has 0 spiro atoms. The number of para-hydroxylation sites is 1. The number of benzene rings is 3. The quantitative estimate of drug-likeness (QED) is 0.421. The SMILES string of the molecule is COc1cc(C=C(NC(=O)c2ccccc2)C(=O)Nc2ccccc2Br)cc(OC)c1OC. The Morgan fingerprint density at radius 3 is 2.03 bits per heavy atom. The van der Waals surface area contributed by atoms with E-state index in [1.165, 1.54) is 27.4 Å². The van der Waals surface area contributed by atoms with Crippen LogP contribution in [-0.2, 0) is 4.79 Å². The van der Waals surface area contributed by atoms with Crippen molar-refractivity contribution in [3.8, 4) is 17.2 Å². The third-order valence-electron chi connectivity index (χ3n) is 4.65. The molecule has 7 nitrogen and oxygen atoms in total. The third-order valence-corrected chi connectivity index (χ3v) is 5.34. The fourth-order valence-electron chi connectivity index (χ4n) is 3.05. The lowest BCUT2D eigenvalue weighted by Gasteiger charge is -2.15. The van der Waals surface area contributed by atoms with E-state index in [0.717, 1.165) is 0 Å². The first-order valence-electron chi connectivity index (χ1n) is 9.90. The van der Waals surface area contributed by atoms with Gasteiger partial charge in [0.15, 0.2) is 11.5 Å². The van der Waals surface area contributed by atoms with Crippen LogP contribution in [0.3, 0.4) is 0 Å². The highest BCUT2D eigenvalue weighted by Gasteiger charge is 2.18. The molecule has 0 aromatic heterocycles. The number of carbonyl (C=O) groups excluding carboxylic acids is 2. The Morgan fingerprint density at radius 1 is 0.848 bits per heavy atom. The van der Waals surface area contributed by atoms with Gasteiger partial charge in [0.1, 0.15) is 5.70 Å². The molecule has 8 heteroatoms. The molecule has 33 heavy (non-hydrogen) atoms. The van der Waals surface area contributed by atoms with E-state index in [-0.39, 0.29) is 5.70 Å². The second-order valence-corrected chi connectivity index (χ2v) is 7.63. The monoisotopic (exact) mass is 510 g/mol. The Labute approximate surface area is 200 Å². The molecule has 170 valence electrons. The Bertz CT molecular complexity index is 1150. The molecule has 0 aliphatic rings. The van der Waals surface area contributed by atoms with Crippen LogP contribution in [-0.4, -0.2) is 33.1 Å². The molecule has 0 radical (unpaired) electrons. The highest BCUT2D eigenvalue weighted by Crippen LogP contribution is 2.38. The van der Waals surface area contributed by atoms with Gasteiger partial charge in [-0.2, -0.15) is 0 Å². The van der Waals surface area contributed by atoms with Crippen LogP contribution in [0.1, 0.15) is 15.9 Å². The Balaban J connectivity index is 2.02. The molecule has 0 bridgehead atoms. The molecular weight excluding hydrogens is 488 g/mol. The van der Waals surface area contributed by atoms with Crippen molar-refractivity contribution in [1.29, 1.82) is 0 Å². The average molecular weight is 511 g/mol. The number of ether oxygens (including phenoxy) is 3. The van der Waals surface area contributed by atoms with Crippen LogP contribution in [0.25, 0.3) is 6.08 Å². The number of amides is 2. The molecule has 2 N–H and O–H groups in total. The topological polar surface area (TPSA) is 85.9 Å². The second-order valence-electron chi connectivity index (χ2n) is 6.77. The summed E-state index contributed by atoms with van der Waals surface area (Å²) in [6, 6.07) is 19.2. The molecule has 3 aromatic rings. The zero-order valence-corrected chi connectivity index (χ0v) is 19.9. The van der Waals surface area contributed by atoms with Gasteiger partial charge < -0.3 is 24.8 Å². The molecule has 0 aliphatic carbocycles. The van der Waals surface area contributed by atoms with E-state index in [9.17, 15) is 9.59 Å². The number of rotatable bonds is 8. The molecule has 3 aromatic carbocycles. The van der Waals surface area contributed by atoms with E-state index >= 15 is 0 Å². The predicted octanol–water partition coefficient (Wildman–Crippen LogP) is 4.88. The number of hydrogen-bond donors (Lipinski definition) is 2. The van der Waals surface area contributed by atoms with Crippen LogP contribution >= 0.6 is 15.9 Å². The molecule has 0 aliphatic heterocycles. The predicted molar refractivity (Wildman–Crippen MR) is 131 cm³/mol. The highest BCUT2D eigenvalue weighted by molar-refractivity contribution is 9.10. The van der Waals surface area contributed by atoms with Crippen LogP contribution < -0.4 is 24.8 Å². The van der Waals surface area contributed by atoms with Gasteiger partial charge in [-0.3, -0.25) is 9.59 Å². The lowest BCUT2D eigenvalue weighted by atomic mass is 10.1. The van der Waals surface area contributed by atoms with E-state index in [1.807, 2.05) is 12.1 Å². The maximum Gasteiger partial charge on any atom is 0.272 e. The molecule has 2 amide bonds. The van der Waals surface area contributed by atoms with Crippen molar-refractivity contribution in [2.24, 2.45) is 0 Å². The summed E-state index contributed by atoms with van der Waals surface area (Å²) in [5.41, 5.74) is 1.58. The summed E-state index contributed by atoms with van der Waals surface area (Å²) in [7, 11) is 4.51. The average Bonchev–Trinajstić information content (AvgIpc) is 2.84. The lowest BCUT2D eigenvalue weighted by molar-refractivity contribution is -0.113. The van der Waals surface area contributed by atoms with Crippen molar-refractivity contribution in [2.45, 2.75) is 0 Å². The van der Waals surface area contributed by atoms with Gasteiger partial charge in [-0.15, -0.1) is 0 Å². The lowest BCUT2D eigenvalue weighted by Crippen LogP contribution is -2.30. The van der Waals surface area contributed by atoms with Gasteiger partial charge in [0, 0.05) is 10.0 Å². The standard InChI is InChI=1S/C25H23BrN2O5/c1-31-21-14-16(15-22(32-2)23(21)33-3)13-20(28-24(29)17-9-5-4-6-10-17)25(30)27-19-12-8-7-11-18(19)26/h4-15H,1-3H3,(H,27,30)(H,28,29). The summed E-state index contributed by atoms with van der Waals surface area (Å²) in [4.78, 5) is 26.0. The van der Waals surface area contributed by atoms with Gasteiger partial charge in [-0.1, -0.05) is 30.3 Å². The first-order valence-corrected chi connectivity index (χ1v) is 10.7. The molecule has 0 atom stereocenters. The number of hydrogen-bond acceptors (Lipinski definition) is 5. The van der Waals surface area contributed by atoms with E-state index in [1.54, 1.807) is 54.6 Å². The number of methoxy groups -OCH3 is 3.